The second kappa shape index (κ2) is 5.37. The summed E-state index contributed by atoms with van der Waals surface area (Å²) in [4.78, 5) is 0.415. The maximum Gasteiger partial charge on any atom is 0.139 e. The molecule has 0 spiro atoms. The molecule has 0 aliphatic rings. The molecule has 1 aromatic carbocycles. The van der Waals surface area contributed by atoms with E-state index in [2.05, 4.69) is 6.58 Å². The van der Waals surface area contributed by atoms with E-state index < -0.39 is 11.6 Å². The lowest BCUT2D eigenvalue weighted by Gasteiger charge is -2.03. The first-order valence-electron chi connectivity index (χ1n) is 3.94. The Hall–Kier alpha value is -0.540. The molecule has 0 N–H and O–H groups in total. The number of alkyl halides is 1. The molecule has 14 heavy (non-hydrogen) atoms. The van der Waals surface area contributed by atoms with Gasteiger partial charge in [0.15, 0.2) is 0 Å². The van der Waals surface area contributed by atoms with E-state index in [1.54, 1.807) is 0 Å². The van der Waals surface area contributed by atoms with Gasteiger partial charge in [-0.25, -0.2) is 8.78 Å². The van der Waals surface area contributed by atoms with Crippen molar-refractivity contribution in [1.29, 1.82) is 0 Å². The second-order valence-electron chi connectivity index (χ2n) is 2.75. The lowest BCUT2D eigenvalue weighted by molar-refractivity contribution is 0.566. The molecule has 0 unspecified atom stereocenters. The monoisotopic (exact) mass is 234 g/mol. The van der Waals surface area contributed by atoms with Crippen molar-refractivity contribution in [3.8, 4) is 0 Å². The summed E-state index contributed by atoms with van der Waals surface area (Å²) in [6.45, 7) is 3.69. The minimum atomic E-state index is -0.567. The van der Waals surface area contributed by atoms with Crippen molar-refractivity contribution in [2.45, 2.75) is 4.90 Å². The van der Waals surface area contributed by atoms with Gasteiger partial charge in [-0.15, -0.1) is 23.4 Å². The average Bonchev–Trinajstić information content (AvgIpc) is 2.16. The van der Waals surface area contributed by atoms with Gasteiger partial charge in [-0.1, -0.05) is 12.2 Å². The topological polar surface area (TPSA) is 0 Å². The van der Waals surface area contributed by atoms with Crippen LogP contribution in [0.25, 0.3) is 0 Å². The predicted molar refractivity (Wildman–Crippen MR) is 56.9 cm³/mol. The van der Waals surface area contributed by atoms with Crippen molar-refractivity contribution in [3.05, 3.63) is 42.0 Å². The molecule has 0 fully saturated rings. The molecule has 0 radical (unpaired) electrons. The number of hydrogen-bond donors (Lipinski definition) is 0. The Morgan fingerprint density at radius 1 is 1.43 bits per heavy atom. The lowest BCUT2D eigenvalue weighted by atomic mass is 10.3. The molecule has 0 nitrogen and oxygen atoms in total. The van der Waals surface area contributed by atoms with Crippen LogP contribution < -0.4 is 0 Å². The number of benzene rings is 1. The fourth-order valence-corrected chi connectivity index (χ4v) is 1.84. The summed E-state index contributed by atoms with van der Waals surface area (Å²) in [5, 5.41) is 0. The Bertz CT molecular complexity index is 339. The van der Waals surface area contributed by atoms with Crippen LogP contribution in [0.2, 0.25) is 0 Å². The van der Waals surface area contributed by atoms with E-state index in [0.29, 0.717) is 16.5 Å². The van der Waals surface area contributed by atoms with Gasteiger partial charge in [-0.05, 0) is 12.1 Å². The third-order valence-corrected chi connectivity index (χ3v) is 3.09. The molecule has 0 aromatic heterocycles. The molecule has 0 aliphatic heterocycles. The van der Waals surface area contributed by atoms with Gasteiger partial charge in [-0.3, -0.25) is 0 Å². The van der Waals surface area contributed by atoms with Crippen molar-refractivity contribution in [3.63, 3.8) is 0 Å². The molecule has 0 saturated heterocycles. The fourth-order valence-electron chi connectivity index (χ4n) is 0.811. The summed E-state index contributed by atoms with van der Waals surface area (Å²) >= 11 is 6.78. The summed E-state index contributed by atoms with van der Waals surface area (Å²) in [5.74, 6) is -0.206. The zero-order valence-corrected chi connectivity index (χ0v) is 8.97. The molecule has 0 heterocycles. The van der Waals surface area contributed by atoms with Crippen LogP contribution in [-0.2, 0) is 0 Å². The highest BCUT2D eigenvalue weighted by Crippen LogP contribution is 2.24. The predicted octanol–water partition coefficient (Wildman–Crippen LogP) is 3.85. The molecule has 0 amide bonds. The quantitative estimate of drug-likeness (QED) is 0.433. The van der Waals surface area contributed by atoms with E-state index >= 15 is 0 Å². The summed E-state index contributed by atoms with van der Waals surface area (Å²) < 4.78 is 25.6. The van der Waals surface area contributed by atoms with Crippen LogP contribution in [0.1, 0.15) is 0 Å². The smallest absolute Gasteiger partial charge is 0.139 e. The van der Waals surface area contributed by atoms with Crippen molar-refractivity contribution < 1.29 is 8.78 Å². The first-order valence-corrected chi connectivity index (χ1v) is 5.46. The molecule has 0 bridgehead atoms. The van der Waals surface area contributed by atoms with Gasteiger partial charge >= 0.3 is 0 Å². The molecule has 0 atom stereocenters. The Kier molecular flexibility index (Phi) is 4.42. The van der Waals surface area contributed by atoms with E-state index in [0.717, 1.165) is 11.6 Å². The van der Waals surface area contributed by atoms with Crippen LogP contribution in [0.4, 0.5) is 8.78 Å². The number of thioether (sulfide) groups is 1. The zero-order valence-electron chi connectivity index (χ0n) is 7.40. The van der Waals surface area contributed by atoms with Crippen molar-refractivity contribution in [2.75, 3.05) is 11.6 Å². The van der Waals surface area contributed by atoms with Crippen LogP contribution in [0.5, 0.6) is 0 Å². The van der Waals surface area contributed by atoms with Gasteiger partial charge in [0.2, 0.25) is 0 Å². The Labute approximate surface area is 91.0 Å². The van der Waals surface area contributed by atoms with E-state index in [1.165, 1.54) is 23.9 Å². The first kappa shape index (κ1) is 11.5. The van der Waals surface area contributed by atoms with Crippen LogP contribution in [-0.4, -0.2) is 11.6 Å². The molecule has 1 rings (SSSR count). The fraction of sp³-hybridized carbons (Fsp3) is 0.200. The van der Waals surface area contributed by atoms with Crippen molar-refractivity contribution in [1.82, 2.24) is 0 Å². The van der Waals surface area contributed by atoms with Gasteiger partial charge in [-0.2, -0.15) is 0 Å². The maximum absolute atomic E-state index is 13.1. The summed E-state index contributed by atoms with van der Waals surface area (Å²) in [6, 6.07) is 3.51. The van der Waals surface area contributed by atoms with Gasteiger partial charge in [0.25, 0.3) is 0 Å². The van der Waals surface area contributed by atoms with E-state index in [-0.39, 0.29) is 0 Å². The van der Waals surface area contributed by atoms with Crippen LogP contribution in [0, 0.1) is 11.6 Å². The standard InChI is InChI=1S/C10H9ClF2S/c1-7(5-11)6-14-10-3-2-8(12)4-9(10)13/h2-4H,1,5-6H2. The number of halogens is 3. The highest BCUT2D eigenvalue weighted by molar-refractivity contribution is 7.99. The highest BCUT2D eigenvalue weighted by Gasteiger charge is 2.04. The molecule has 1 aromatic rings. The zero-order chi connectivity index (χ0) is 10.6. The maximum atomic E-state index is 13.1. The molecular weight excluding hydrogens is 226 g/mol. The normalized spacial score (nSPS) is 10.2. The molecule has 0 saturated carbocycles. The molecule has 76 valence electrons. The van der Waals surface area contributed by atoms with E-state index in [9.17, 15) is 8.78 Å². The molecular formula is C10H9ClF2S. The van der Waals surface area contributed by atoms with Gasteiger partial charge in [0.05, 0.1) is 0 Å². The van der Waals surface area contributed by atoms with E-state index in [4.69, 9.17) is 11.6 Å². The summed E-state index contributed by atoms with van der Waals surface area (Å²) in [6.07, 6.45) is 0. The minimum Gasteiger partial charge on any atom is -0.207 e. The average molecular weight is 235 g/mol. The van der Waals surface area contributed by atoms with Crippen LogP contribution >= 0.6 is 23.4 Å². The third kappa shape index (κ3) is 3.31. The Morgan fingerprint density at radius 2 is 2.14 bits per heavy atom. The molecule has 0 aliphatic carbocycles. The summed E-state index contributed by atoms with van der Waals surface area (Å²) in [5.41, 5.74) is 0.820. The molecule has 4 heteroatoms. The second-order valence-corrected chi connectivity index (χ2v) is 4.03. The largest absolute Gasteiger partial charge is 0.207 e. The van der Waals surface area contributed by atoms with Gasteiger partial charge in [0, 0.05) is 22.6 Å². The Morgan fingerprint density at radius 3 is 2.71 bits per heavy atom. The van der Waals surface area contributed by atoms with Crippen LogP contribution in [0.15, 0.2) is 35.2 Å². The first-order chi connectivity index (χ1) is 6.63. The van der Waals surface area contributed by atoms with E-state index in [1.807, 2.05) is 0 Å². The van der Waals surface area contributed by atoms with Gasteiger partial charge < -0.3 is 0 Å². The van der Waals surface area contributed by atoms with Crippen molar-refractivity contribution in [2.24, 2.45) is 0 Å². The Balaban J connectivity index is 2.63. The summed E-state index contributed by atoms with van der Waals surface area (Å²) in [7, 11) is 0. The number of rotatable bonds is 4. The SMILES string of the molecule is C=C(CCl)CSc1ccc(F)cc1F. The lowest BCUT2D eigenvalue weighted by Crippen LogP contribution is -1.89. The van der Waals surface area contributed by atoms with Crippen molar-refractivity contribution >= 4 is 23.4 Å². The highest BCUT2D eigenvalue weighted by atomic mass is 35.5. The third-order valence-electron chi connectivity index (χ3n) is 1.51. The number of hydrogen-bond acceptors (Lipinski definition) is 1. The van der Waals surface area contributed by atoms with Gasteiger partial charge in [0.1, 0.15) is 11.6 Å². The van der Waals surface area contributed by atoms with Crippen LogP contribution in [0.3, 0.4) is 0 Å². The minimum absolute atomic E-state index is 0.357.